The molecule has 2 aromatic carbocycles. The molecule has 7 heteroatoms. The number of carbonyl (C=O) groups excluding carboxylic acids is 2. The van der Waals surface area contributed by atoms with Crippen molar-refractivity contribution in [3.63, 3.8) is 0 Å². The van der Waals surface area contributed by atoms with E-state index in [1.807, 2.05) is 19.1 Å². The number of amides is 1. The summed E-state index contributed by atoms with van der Waals surface area (Å²) in [5.74, 6) is 2.31. The van der Waals surface area contributed by atoms with Crippen LogP contribution >= 0.6 is 0 Å². The quantitative estimate of drug-likeness (QED) is 0.515. The number of methoxy groups -OCH3 is 2. The minimum Gasteiger partial charge on any atom is -0.493 e. The Kier molecular flexibility index (Phi) is 5.95. The largest absolute Gasteiger partial charge is 0.493 e. The third-order valence-corrected chi connectivity index (χ3v) is 7.46. The first-order valence-corrected chi connectivity index (χ1v) is 12.1. The van der Waals surface area contributed by atoms with Gasteiger partial charge in [0.2, 0.25) is 0 Å². The molecule has 0 unspecified atom stereocenters. The van der Waals surface area contributed by atoms with E-state index < -0.39 is 5.60 Å². The fourth-order valence-electron chi connectivity index (χ4n) is 5.47. The number of furan rings is 1. The van der Waals surface area contributed by atoms with Gasteiger partial charge in [-0.3, -0.25) is 9.59 Å². The van der Waals surface area contributed by atoms with Gasteiger partial charge in [-0.05, 0) is 56.7 Å². The molecule has 5 rings (SSSR count). The van der Waals surface area contributed by atoms with Crippen molar-refractivity contribution in [1.82, 2.24) is 5.32 Å². The van der Waals surface area contributed by atoms with Gasteiger partial charge in [-0.1, -0.05) is 19.1 Å². The van der Waals surface area contributed by atoms with Crippen molar-refractivity contribution in [2.45, 2.75) is 58.1 Å². The number of aryl methyl sites for hydroxylation is 1. The number of nitrogens with one attached hydrogen (secondary N) is 1. The molecule has 1 saturated carbocycles. The molecule has 0 radical (unpaired) electrons. The Bertz CT molecular complexity index is 1300. The summed E-state index contributed by atoms with van der Waals surface area (Å²) in [6, 6.07) is 9.10. The SMILES string of the molecule is COc1cccc(CNC(=O)c2oc3ccc4c(c3c2C)C(=O)CC2(CCC(C)CC2)O4)c1OC. The summed E-state index contributed by atoms with van der Waals surface area (Å²) in [4.78, 5) is 26.5. The number of carbonyl (C=O) groups is 2. The van der Waals surface area contributed by atoms with E-state index in [9.17, 15) is 9.59 Å². The van der Waals surface area contributed by atoms with Gasteiger partial charge in [0.1, 0.15) is 16.9 Å². The fourth-order valence-corrected chi connectivity index (χ4v) is 5.47. The van der Waals surface area contributed by atoms with Gasteiger partial charge in [-0.15, -0.1) is 0 Å². The summed E-state index contributed by atoms with van der Waals surface area (Å²) >= 11 is 0. The van der Waals surface area contributed by atoms with Crippen LogP contribution in [-0.2, 0) is 6.54 Å². The van der Waals surface area contributed by atoms with Crippen LogP contribution in [0.2, 0.25) is 0 Å². The average molecular weight is 478 g/mol. The van der Waals surface area contributed by atoms with Crippen LogP contribution in [0.4, 0.5) is 0 Å². The summed E-state index contributed by atoms with van der Waals surface area (Å²) in [6.07, 6.45) is 4.29. The summed E-state index contributed by atoms with van der Waals surface area (Å²) in [6.45, 7) is 4.30. The molecule has 1 N–H and O–H groups in total. The van der Waals surface area contributed by atoms with Gasteiger partial charge in [0, 0.05) is 23.1 Å². The van der Waals surface area contributed by atoms with Crippen molar-refractivity contribution in [3.8, 4) is 17.2 Å². The zero-order valence-corrected chi connectivity index (χ0v) is 20.7. The van der Waals surface area contributed by atoms with Crippen molar-refractivity contribution in [1.29, 1.82) is 0 Å². The maximum Gasteiger partial charge on any atom is 0.287 e. The van der Waals surface area contributed by atoms with Gasteiger partial charge < -0.3 is 23.9 Å². The Balaban J connectivity index is 1.43. The summed E-state index contributed by atoms with van der Waals surface area (Å²) < 4.78 is 23.2. The van der Waals surface area contributed by atoms with Crippen molar-refractivity contribution >= 4 is 22.7 Å². The van der Waals surface area contributed by atoms with Crippen LogP contribution in [-0.4, -0.2) is 31.5 Å². The van der Waals surface area contributed by atoms with Gasteiger partial charge >= 0.3 is 0 Å². The molecule has 1 spiro atoms. The Morgan fingerprint density at radius 1 is 1.14 bits per heavy atom. The summed E-state index contributed by atoms with van der Waals surface area (Å²) in [5, 5.41) is 3.56. The Hall–Kier alpha value is -3.48. The van der Waals surface area contributed by atoms with Crippen LogP contribution < -0.4 is 19.5 Å². The molecule has 35 heavy (non-hydrogen) atoms. The first-order valence-electron chi connectivity index (χ1n) is 12.1. The Morgan fingerprint density at radius 3 is 2.63 bits per heavy atom. The van der Waals surface area contributed by atoms with E-state index in [1.54, 1.807) is 32.4 Å². The van der Waals surface area contributed by atoms with E-state index in [2.05, 4.69) is 12.2 Å². The molecule has 1 aromatic heterocycles. The Morgan fingerprint density at radius 2 is 1.91 bits per heavy atom. The molecular formula is C28H31NO6. The van der Waals surface area contributed by atoms with Crippen LogP contribution in [0, 0.1) is 12.8 Å². The van der Waals surface area contributed by atoms with Gasteiger partial charge in [-0.2, -0.15) is 0 Å². The van der Waals surface area contributed by atoms with Crippen LogP contribution in [0.15, 0.2) is 34.7 Å². The minimum atomic E-state index is -0.405. The van der Waals surface area contributed by atoms with Crippen LogP contribution in [0.25, 0.3) is 11.0 Å². The predicted octanol–water partition coefficient (Wildman–Crippen LogP) is 5.60. The first kappa shape index (κ1) is 23.3. The van der Waals surface area contributed by atoms with Crippen molar-refractivity contribution < 1.29 is 28.2 Å². The second-order valence-electron chi connectivity index (χ2n) is 9.77. The zero-order valence-electron chi connectivity index (χ0n) is 20.7. The van der Waals surface area contributed by atoms with Gasteiger partial charge in [-0.25, -0.2) is 0 Å². The molecule has 1 aliphatic carbocycles. The third-order valence-electron chi connectivity index (χ3n) is 7.46. The maximum absolute atomic E-state index is 13.4. The number of para-hydroxylation sites is 1. The number of Topliss-reactive ketones (excluding diaryl/α,β-unsaturated/α-hetero) is 1. The molecule has 1 fully saturated rings. The molecule has 3 aromatic rings. The topological polar surface area (TPSA) is 87.0 Å². The molecule has 0 bridgehead atoms. The van der Waals surface area contributed by atoms with E-state index in [4.69, 9.17) is 18.6 Å². The van der Waals surface area contributed by atoms with Gasteiger partial charge in [0.15, 0.2) is 23.0 Å². The standard InChI is InChI=1S/C28H31NO6/c1-16-10-12-28(13-11-16)14-19(30)24-21(35-28)9-8-20-23(24)17(2)25(34-20)27(31)29-15-18-6-5-7-22(32-3)26(18)33-4/h5-9,16H,10-15H2,1-4H3,(H,29,31). The van der Waals surface area contributed by atoms with Crippen LogP contribution in [0.1, 0.15) is 71.1 Å². The third kappa shape index (κ3) is 4.03. The lowest BCUT2D eigenvalue weighted by Gasteiger charge is -2.42. The van der Waals surface area contributed by atoms with Crippen molar-refractivity contribution in [3.05, 3.63) is 52.8 Å². The molecule has 1 aliphatic heterocycles. The lowest BCUT2D eigenvalue weighted by molar-refractivity contribution is 0.00430. The number of ketones is 1. The van der Waals surface area contributed by atoms with Crippen LogP contribution in [0.5, 0.6) is 17.2 Å². The monoisotopic (exact) mass is 477 g/mol. The second kappa shape index (κ2) is 8.95. The maximum atomic E-state index is 13.4. The number of hydrogen-bond donors (Lipinski definition) is 1. The lowest BCUT2D eigenvalue weighted by Crippen LogP contribution is -2.44. The number of hydrogen-bond acceptors (Lipinski definition) is 6. The Labute approximate surface area is 204 Å². The van der Waals surface area contributed by atoms with E-state index >= 15 is 0 Å². The first-order chi connectivity index (χ1) is 16.9. The van der Waals surface area contributed by atoms with Crippen molar-refractivity contribution in [2.24, 2.45) is 5.92 Å². The normalized spacial score (nSPS) is 21.5. The highest BCUT2D eigenvalue weighted by atomic mass is 16.5. The van der Waals surface area contributed by atoms with Gasteiger partial charge in [0.25, 0.3) is 5.91 Å². The van der Waals surface area contributed by atoms with E-state index in [1.165, 1.54) is 0 Å². The van der Waals surface area contributed by atoms with E-state index in [0.29, 0.717) is 51.7 Å². The molecule has 184 valence electrons. The van der Waals surface area contributed by atoms with Gasteiger partial charge in [0.05, 0.1) is 26.2 Å². The highest BCUT2D eigenvalue weighted by Crippen LogP contribution is 2.46. The molecule has 0 atom stereocenters. The van der Waals surface area contributed by atoms with E-state index in [-0.39, 0.29) is 24.0 Å². The van der Waals surface area contributed by atoms with E-state index in [0.717, 1.165) is 31.2 Å². The number of rotatable bonds is 5. The minimum absolute atomic E-state index is 0.0587. The highest BCUT2D eigenvalue weighted by Gasteiger charge is 2.43. The molecular weight excluding hydrogens is 446 g/mol. The second-order valence-corrected chi connectivity index (χ2v) is 9.77. The number of benzene rings is 2. The van der Waals surface area contributed by atoms with Crippen LogP contribution in [0.3, 0.4) is 0 Å². The van der Waals surface area contributed by atoms with Crippen molar-refractivity contribution in [2.75, 3.05) is 14.2 Å². The predicted molar refractivity (Wildman–Crippen MR) is 132 cm³/mol. The smallest absolute Gasteiger partial charge is 0.287 e. The lowest BCUT2D eigenvalue weighted by atomic mass is 9.74. The summed E-state index contributed by atoms with van der Waals surface area (Å²) in [5.41, 5.74) is 2.05. The highest BCUT2D eigenvalue weighted by molar-refractivity contribution is 6.13. The molecule has 7 nitrogen and oxygen atoms in total. The fraction of sp³-hybridized carbons (Fsp3) is 0.429. The number of fused-ring (bicyclic) bond motifs is 3. The molecule has 0 saturated heterocycles. The molecule has 2 heterocycles. The summed E-state index contributed by atoms with van der Waals surface area (Å²) in [7, 11) is 3.13. The average Bonchev–Trinajstić information content (AvgIpc) is 3.20. The number of ether oxygens (including phenoxy) is 3. The molecule has 2 aliphatic rings. The molecule has 1 amide bonds. The zero-order chi connectivity index (χ0) is 24.7.